The second kappa shape index (κ2) is 10.1. The minimum atomic E-state index is -0.461. The van der Waals surface area contributed by atoms with E-state index >= 15 is 0 Å². The van der Waals surface area contributed by atoms with Gasteiger partial charge in [0.1, 0.15) is 17.3 Å². The van der Waals surface area contributed by atoms with Crippen molar-refractivity contribution in [2.45, 2.75) is 65.1 Å². The molecule has 0 bridgehead atoms. The predicted molar refractivity (Wildman–Crippen MR) is 121 cm³/mol. The first-order chi connectivity index (χ1) is 14.8. The zero-order valence-corrected chi connectivity index (χ0v) is 19.4. The van der Waals surface area contributed by atoms with E-state index in [4.69, 9.17) is 9.47 Å². The average Bonchev–Trinajstić information content (AvgIpc) is 3.22. The topological polar surface area (TPSA) is 89.6 Å². The van der Waals surface area contributed by atoms with Gasteiger partial charge < -0.3 is 20.1 Å². The number of aromatic nitrogens is 1. The van der Waals surface area contributed by atoms with Crippen LogP contribution in [0.5, 0.6) is 11.5 Å². The number of ether oxygens (including phenoxy) is 2. The molecule has 2 amide bonds. The van der Waals surface area contributed by atoms with E-state index < -0.39 is 5.41 Å². The fourth-order valence-corrected chi connectivity index (χ4v) is 4.15. The third-order valence-corrected chi connectivity index (χ3v) is 6.11. The maximum absolute atomic E-state index is 12.8. The maximum Gasteiger partial charge on any atom is 0.271 e. The molecule has 0 unspecified atom stereocenters. The Bertz CT molecular complexity index is 906. The van der Waals surface area contributed by atoms with E-state index in [9.17, 15) is 9.59 Å². The number of carbonyl (C=O) groups is 2. The first-order valence-corrected chi connectivity index (χ1v) is 11.5. The highest BCUT2D eigenvalue weighted by atomic mass is 32.1. The lowest BCUT2D eigenvalue weighted by molar-refractivity contribution is -0.129. The smallest absolute Gasteiger partial charge is 0.271 e. The van der Waals surface area contributed by atoms with E-state index in [0.29, 0.717) is 22.2 Å². The molecular weight excluding hydrogens is 414 g/mol. The molecule has 3 rings (SSSR count). The van der Waals surface area contributed by atoms with Crippen LogP contribution in [0, 0.1) is 5.41 Å². The van der Waals surface area contributed by atoms with E-state index in [1.165, 1.54) is 11.3 Å². The molecule has 1 fully saturated rings. The molecule has 31 heavy (non-hydrogen) atoms. The van der Waals surface area contributed by atoms with Gasteiger partial charge in [-0.05, 0) is 25.0 Å². The van der Waals surface area contributed by atoms with E-state index in [-0.39, 0.29) is 30.5 Å². The normalized spacial score (nSPS) is 18.8. The second-order valence-corrected chi connectivity index (χ2v) is 9.70. The van der Waals surface area contributed by atoms with Crippen molar-refractivity contribution in [3.05, 3.63) is 40.3 Å². The molecule has 2 aromatic rings. The van der Waals surface area contributed by atoms with Gasteiger partial charge in [0, 0.05) is 22.9 Å². The Morgan fingerprint density at radius 3 is 2.39 bits per heavy atom. The third kappa shape index (κ3) is 6.19. The minimum Gasteiger partial charge on any atom is -0.493 e. The number of hydrogen-bond donors (Lipinski definition) is 2. The summed E-state index contributed by atoms with van der Waals surface area (Å²) in [5, 5.41) is 8.64. The first-order valence-electron chi connectivity index (χ1n) is 10.6. The number of para-hydroxylation sites is 2. The Kier molecular flexibility index (Phi) is 7.54. The number of hydrogen-bond acceptors (Lipinski definition) is 6. The van der Waals surface area contributed by atoms with Crippen molar-refractivity contribution >= 4 is 23.2 Å². The van der Waals surface area contributed by atoms with Gasteiger partial charge in [-0.2, -0.15) is 0 Å². The maximum atomic E-state index is 12.8. The molecule has 1 aromatic heterocycles. The van der Waals surface area contributed by atoms with Crippen LogP contribution in [0.25, 0.3) is 0 Å². The van der Waals surface area contributed by atoms with E-state index in [0.717, 1.165) is 25.7 Å². The van der Waals surface area contributed by atoms with Gasteiger partial charge in [0.15, 0.2) is 11.5 Å². The molecule has 1 aliphatic rings. The largest absolute Gasteiger partial charge is 0.493 e. The van der Waals surface area contributed by atoms with E-state index in [2.05, 4.69) is 15.6 Å². The zero-order chi connectivity index (χ0) is 22.4. The lowest BCUT2D eigenvalue weighted by atomic mass is 9.88. The number of thiazole rings is 1. The standard InChI is InChI=1S/C23H31N3O4S/c1-23(2,3)22(28)26-16-10-6-5-9-15(16)25-21(27)17-14-31-20(24-17)13-30-19-12-8-7-11-18(19)29-4/h7-8,11-12,14-16H,5-6,9-10,13H2,1-4H3,(H,25,27)(H,26,28)/t15-,16+/m1/s1. The summed E-state index contributed by atoms with van der Waals surface area (Å²) in [4.78, 5) is 29.6. The minimum absolute atomic E-state index is 0.00285. The molecule has 168 valence electrons. The van der Waals surface area contributed by atoms with Gasteiger partial charge in [-0.3, -0.25) is 9.59 Å². The molecule has 0 saturated heterocycles. The zero-order valence-electron chi connectivity index (χ0n) is 18.6. The predicted octanol–water partition coefficient (Wildman–Crippen LogP) is 3.93. The molecule has 0 aliphatic heterocycles. The highest BCUT2D eigenvalue weighted by molar-refractivity contribution is 7.09. The molecule has 1 aromatic carbocycles. The van der Waals surface area contributed by atoms with Crippen LogP contribution < -0.4 is 20.1 Å². The number of benzene rings is 1. The Morgan fingerprint density at radius 2 is 1.74 bits per heavy atom. The molecule has 2 N–H and O–H groups in total. The Hall–Kier alpha value is -2.61. The Balaban J connectivity index is 1.58. The van der Waals surface area contributed by atoms with Crippen molar-refractivity contribution in [2.24, 2.45) is 5.41 Å². The quantitative estimate of drug-likeness (QED) is 0.674. The SMILES string of the molecule is COc1ccccc1OCc1nc(C(=O)N[C@@H]2CCCC[C@@H]2NC(=O)C(C)(C)C)cs1. The average molecular weight is 446 g/mol. The van der Waals surface area contributed by atoms with Gasteiger partial charge in [0.05, 0.1) is 7.11 Å². The lowest BCUT2D eigenvalue weighted by Crippen LogP contribution is -2.55. The van der Waals surface area contributed by atoms with Crippen molar-refractivity contribution < 1.29 is 19.1 Å². The second-order valence-electron chi connectivity index (χ2n) is 8.76. The highest BCUT2D eigenvalue weighted by Crippen LogP contribution is 2.27. The van der Waals surface area contributed by atoms with Gasteiger partial charge in [0.25, 0.3) is 5.91 Å². The van der Waals surface area contributed by atoms with Crippen LogP contribution in [0.4, 0.5) is 0 Å². The van der Waals surface area contributed by atoms with Gasteiger partial charge in [-0.1, -0.05) is 45.7 Å². The van der Waals surface area contributed by atoms with Crippen LogP contribution in [-0.2, 0) is 11.4 Å². The third-order valence-electron chi connectivity index (χ3n) is 5.28. The number of nitrogens with one attached hydrogen (secondary N) is 2. The number of carbonyl (C=O) groups excluding carboxylic acids is 2. The van der Waals surface area contributed by atoms with Crippen molar-refractivity contribution in [1.82, 2.24) is 15.6 Å². The summed E-state index contributed by atoms with van der Waals surface area (Å²) in [5.41, 5.74) is -0.0906. The van der Waals surface area contributed by atoms with Gasteiger partial charge in [-0.25, -0.2) is 4.98 Å². The highest BCUT2D eigenvalue weighted by Gasteiger charge is 2.31. The lowest BCUT2D eigenvalue weighted by Gasteiger charge is -2.34. The van der Waals surface area contributed by atoms with Gasteiger partial charge in [-0.15, -0.1) is 11.3 Å². The van der Waals surface area contributed by atoms with Crippen LogP contribution in [0.2, 0.25) is 0 Å². The fraction of sp³-hybridized carbons (Fsp3) is 0.522. The van der Waals surface area contributed by atoms with Crippen molar-refractivity contribution in [3.63, 3.8) is 0 Å². The molecule has 1 heterocycles. The van der Waals surface area contributed by atoms with E-state index in [1.807, 2.05) is 45.0 Å². The molecule has 7 nitrogen and oxygen atoms in total. The summed E-state index contributed by atoms with van der Waals surface area (Å²) in [6, 6.07) is 7.25. The summed E-state index contributed by atoms with van der Waals surface area (Å²) in [6.07, 6.45) is 3.78. The summed E-state index contributed by atoms with van der Waals surface area (Å²) in [7, 11) is 1.59. The molecule has 0 radical (unpaired) electrons. The molecule has 1 saturated carbocycles. The summed E-state index contributed by atoms with van der Waals surface area (Å²) in [5.74, 6) is 1.06. The van der Waals surface area contributed by atoms with Crippen molar-refractivity contribution in [2.75, 3.05) is 7.11 Å². The molecule has 8 heteroatoms. The van der Waals surface area contributed by atoms with Crippen LogP contribution in [-0.4, -0.2) is 36.0 Å². The van der Waals surface area contributed by atoms with Gasteiger partial charge in [0.2, 0.25) is 5.91 Å². The molecule has 2 atom stereocenters. The summed E-state index contributed by atoms with van der Waals surface area (Å²) >= 11 is 1.38. The Labute approximate surface area is 187 Å². The monoisotopic (exact) mass is 445 g/mol. The van der Waals surface area contributed by atoms with E-state index in [1.54, 1.807) is 12.5 Å². The van der Waals surface area contributed by atoms with Crippen molar-refractivity contribution in [3.8, 4) is 11.5 Å². The number of rotatable bonds is 7. The van der Waals surface area contributed by atoms with Gasteiger partial charge >= 0.3 is 0 Å². The van der Waals surface area contributed by atoms with Crippen molar-refractivity contribution in [1.29, 1.82) is 0 Å². The molecular formula is C23H31N3O4S. The number of methoxy groups -OCH3 is 1. The van der Waals surface area contributed by atoms with Crippen LogP contribution in [0.1, 0.15) is 62.0 Å². The first kappa shape index (κ1) is 23.1. The van der Waals surface area contributed by atoms with Crippen LogP contribution in [0.3, 0.4) is 0 Å². The summed E-state index contributed by atoms with van der Waals surface area (Å²) < 4.78 is 11.1. The van der Waals surface area contributed by atoms with Crippen LogP contribution in [0.15, 0.2) is 29.6 Å². The number of nitrogens with zero attached hydrogens (tertiary/aromatic N) is 1. The van der Waals surface area contributed by atoms with Crippen LogP contribution >= 0.6 is 11.3 Å². The fourth-order valence-electron chi connectivity index (χ4n) is 3.46. The molecule has 1 aliphatic carbocycles. The Morgan fingerprint density at radius 1 is 1.10 bits per heavy atom. The molecule has 0 spiro atoms. The summed E-state index contributed by atoms with van der Waals surface area (Å²) in [6.45, 7) is 5.93. The number of amides is 2.